The minimum absolute atomic E-state index is 0.0438. The van der Waals surface area contributed by atoms with Crippen LogP contribution < -0.4 is 4.74 Å². The van der Waals surface area contributed by atoms with E-state index in [-0.39, 0.29) is 11.8 Å². The molecule has 0 atom stereocenters. The molecule has 2 aromatic rings. The molecular weight excluding hydrogens is 350 g/mol. The van der Waals surface area contributed by atoms with Gasteiger partial charge >= 0.3 is 0 Å². The average Bonchev–Trinajstić information content (AvgIpc) is 3.12. The predicted octanol–water partition coefficient (Wildman–Crippen LogP) is 2.60. The van der Waals surface area contributed by atoms with Crippen LogP contribution in [-0.4, -0.2) is 59.4 Å². The first-order valence-electron chi connectivity index (χ1n) is 8.80. The van der Waals surface area contributed by atoms with Crippen LogP contribution in [0.15, 0.2) is 35.7 Å². The van der Waals surface area contributed by atoms with Gasteiger partial charge in [-0.15, -0.1) is 11.3 Å². The highest BCUT2D eigenvalue weighted by atomic mass is 32.1. The van der Waals surface area contributed by atoms with Gasteiger partial charge < -0.3 is 14.5 Å². The van der Waals surface area contributed by atoms with Gasteiger partial charge in [0.2, 0.25) is 5.91 Å². The summed E-state index contributed by atoms with van der Waals surface area (Å²) in [5, 5.41) is 2.68. The fraction of sp³-hybridized carbons (Fsp3) is 0.421. The minimum atomic E-state index is -0.0438. The monoisotopic (exact) mass is 373 g/mol. The number of rotatable bonds is 6. The van der Waals surface area contributed by atoms with Gasteiger partial charge in [0.15, 0.2) is 0 Å². The normalized spacial score (nSPS) is 14.3. The molecule has 0 N–H and O–H groups in total. The van der Waals surface area contributed by atoms with Crippen LogP contribution >= 0.6 is 11.3 Å². The van der Waals surface area contributed by atoms with E-state index in [2.05, 4.69) is 4.98 Å². The van der Waals surface area contributed by atoms with Gasteiger partial charge in [-0.3, -0.25) is 9.59 Å². The first-order chi connectivity index (χ1) is 12.6. The Labute approximate surface area is 157 Å². The van der Waals surface area contributed by atoms with Gasteiger partial charge in [-0.1, -0.05) is 18.2 Å². The molecule has 0 unspecified atom stereocenters. The first kappa shape index (κ1) is 18.4. The molecule has 1 aliphatic rings. The highest BCUT2D eigenvalue weighted by molar-refractivity contribution is 7.09. The topological polar surface area (TPSA) is 62.7 Å². The number of hydrogen-bond acceptors (Lipinski definition) is 5. The van der Waals surface area contributed by atoms with E-state index in [1.165, 1.54) is 11.3 Å². The smallest absolute Gasteiger partial charge is 0.273 e. The third-order valence-corrected chi connectivity index (χ3v) is 5.08. The van der Waals surface area contributed by atoms with Crippen molar-refractivity contribution in [3.8, 4) is 5.75 Å². The van der Waals surface area contributed by atoms with Crippen LogP contribution in [0.25, 0.3) is 0 Å². The molecule has 1 fully saturated rings. The Balaban J connectivity index is 1.37. The Morgan fingerprint density at radius 3 is 2.46 bits per heavy atom. The number of carbonyl (C=O) groups excluding carboxylic acids is 2. The zero-order chi connectivity index (χ0) is 18.4. The maximum Gasteiger partial charge on any atom is 0.273 e. The largest absolute Gasteiger partial charge is 0.494 e. The van der Waals surface area contributed by atoms with Crippen LogP contribution in [0.4, 0.5) is 0 Å². The predicted molar refractivity (Wildman–Crippen MR) is 101 cm³/mol. The van der Waals surface area contributed by atoms with Crippen LogP contribution in [0.5, 0.6) is 5.75 Å². The van der Waals surface area contributed by atoms with Crippen molar-refractivity contribution < 1.29 is 14.3 Å². The summed E-state index contributed by atoms with van der Waals surface area (Å²) in [5.41, 5.74) is 0.505. The Bertz CT molecular complexity index is 739. The average molecular weight is 373 g/mol. The summed E-state index contributed by atoms with van der Waals surface area (Å²) in [6, 6.07) is 9.60. The van der Waals surface area contributed by atoms with Crippen molar-refractivity contribution in [1.29, 1.82) is 0 Å². The number of amides is 2. The molecule has 6 nitrogen and oxygen atoms in total. The van der Waals surface area contributed by atoms with Gasteiger partial charge in [-0.05, 0) is 25.5 Å². The Hall–Kier alpha value is -2.41. The lowest BCUT2D eigenvalue weighted by Crippen LogP contribution is -2.50. The molecular formula is C19H23N3O3S. The van der Waals surface area contributed by atoms with E-state index in [4.69, 9.17) is 4.74 Å². The summed E-state index contributed by atoms with van der Waals surface area (Å²) < 4.78 is 5.61. The maximum absolute atomic E-state index is 12.4. The molecule has 1 aliphatic heterocycles. The van der Waals surface area contributed by atoms with Crippen molar-refractivity contribution in [2.45, 2.75) is 19.8 Å². The van der Waals surface area contributed by atoms with Crippen molar-refractivity contribution in [3.05, 3.63) is 46.4 Å². The summed E-state index contributed by atoms with van der Waals surface area (Å²) in [4.78, 5) is 32.6. The third-order valence-electron chi connectivity index (χ3n) is 4.30. The zero-order valence-electron chi connectivity index (χ0n) is 14.9. The molecule has 7 heteroatoms. The van der Waals surface area contributed by atoms with Crippen LogP contribution in [0, 0.1) is 6.92 Å². The number of piperazine rings is 1. The second kappa shape index (κ2) is 8.80. The molecule has 1 saturated heterocycles. The van der Waals surface area contributed by atoms with Crippen LogP contribution in [0.1, 0.15) is 28.3 Å². The summed E-state index contributed by atoms with van der Waals surface area (Å²) in [6.07, 6.45) is 1.15. The number of carbonyl (C=O) groups is 2. The summed E-state index contributed by atoms with van der Waals surface area (Å²) >= 11 is 1.48. The number of aryl methyl sites for hydroxylation is 1. The standard InChI is InChI=1S/C19H23N3O3S/c1-15-20-17(14-26-15)19(24)22-11-9-21(10-12-22)18(23)8-5-13-25-16-6-3-2-4-7-16/h2-4,6-7,14H,5,8-13H2,1H3. The second-order valence-corrected chi connectivity index (χ2v) is 7.25. The van der Waals surface area contributed by atoms with Crippen molar-refractivity contribution >= 4 is 23.2 Å². The van der Waals surface area contributed by atoms with Gasteiger partial charge in [0, 0.05) is 38.0 Å². The van der Waals surface area contributed by atoms with Gasteiger partial charge in [-0.25, -0.2) is 4.98 Å². The van der Waals surface area contributed by atoms with E-state index >= 15 is 0 Å². The quantitative estimate of drug-likeness (QED) is 0.730. The molecule has 0 spiro atoms. The van der Waals surface area contributed by atoms with Gasteiger partial charge in [-0.2, -0.15) is 0 Å². The number of thiazole rings is 1. The zero-order valence-corrected chi connectivity index (χ0v) is 15.7. The highest BCUT2D eigenvalue weighted by Gasteiger charge is 2.25. The second-order valence-electron chi connectivity index (χ2n) is 6.19. The Kier molecular flexibility index (Phi) is 6.22. The van der Waals surface area contributed by atoms with E-state index < -0.39 is 0 Å². The molecule has 0 aliphatic carbocycles. The molecule has 0 bridgehead atoms. The van der Waals surface area contributed by atoms with Crippen molar-refractivity contribution in [3.63, 3.8) is 0 Å². The molecule has 2 heterocycles. The van der Waals surface area contributed by atoms with E-state index in [1.54, 1.807) is 10.3 Å². The molecule has 0 saturated carbocycles. The van der Waals surface area contributed by atoms with Crippen molar-refractivity contribution in [1.82, 2.24) is 14.8 Å². The van der Waals surface area contributed by atoms with E-state index in [1.807, 2.05) is 42.2 Å². The van der Waals surface area contributed by atoms with E-state index in [0.29, 0.717) is 51.3 Å². The summed E-state index contributed by atoms with van der Waals surface area (Å²) in [5.74, 6) is 0.903. The molecule has 2 amide bonds. The fourth-order valence-electron chi connectivity index (χ4n) is 2.87. The van der Waals surface area contributed by atoms with E-state index in [0.717, 1.165) is 10.8 Å². The van der Waals surface area contributed by atoms with Crippen LogP contribution in [-0.2, 0) is 4.79 Å². The molecule has 0 radical (unpaired) electrons. The molecule has 3 rings (SSSR count). The van der Waals surface area contributed by atoms with Crippen LogP contribution in [0.2, 0.25) is 0 Å². The number of aromatic nitrogens is 1. The first-order valence-corrected chi connectivity index (χ1v) is 9.68. The van der Waals surface area contributed by atoms with Crippen molar-refractivity contribution in [2.24, 2.45) is 0 Å². The number of ether oxygens (including phenoxy) is 1. The minimum Gasteiger partial charge on any atom is -0.494 e. The Morgan fingerprint density at radius 1 is 1.12 bits per heavy atom. The maximum atomic E-state index is 12.4. The Morgan fingerprint density at radius 2 is 1.81 bits per heavy atom. The number of para-hydroxylation sites is 1. The number of benzene rings is 1. The van der Waals surface area contributed by atoms with E-state index in [9.17, 15) is 9.59 Å². The fourth-order valence-corrected chi connectivity index (χ4v) is 3.46. The molecule has 1 aromatic heterocycles. The number of hydrogen-bond donors (Lipinski definition) is 0. The third kappa shape index (κ3) is 4.82. The summed E-state index contributed by atoms with van der Waals surface area (Å²) in [6.45, 7) is 4.68. The van der Waals surface area contributed by atoms with Gasteiger partial charge in [0.05, 0.1) is 11.6 Å². The molecule has 138 valence electrons. The van der Waals surface area contributed by atoms with Crippen molar-refractivity contribution in [2.75, 3.05) is 32.8 Å². The lowest BCUT2D eigenvalue weighted by molar-refractivity contribution is -0.132. The molecule has 1 aromatic carbocycles. The number of nitrogens with zero attached hydrogens (tertiary/aromatic N) is 3. The SMILES string of the molecule is Cc1nc(C(=O)N2CCN(C(=O)CCCOc3ccccc3)CC2)cs1. The summed E-state index contributed by atoms with van der Waals surface area (Å²) in [7, 11) is 0. The highest BCUT2D eigenvalue weighted by Crippen LogP contribution is 2.13. The van der Waals surface area contributed by atoms with Gasteiger partial charge in [0.1, 0.15) is 11.4 Å². The lowest BCUT2D eigenvalue weighted by Gasteiger charge is -2.34. The lowest BCUT2D eigenvalue weighted by atomic mass is 10.2. The molecule has 26 heavy (non-hydrogen) atoms. The van der Waals surface area contributed by atoms with Gasteiger partial charge in [0.25, 0.3) is 5.91 Å². The van der Waals surface area contributed by atoms with Crippen LogP contribution in [0.3, 0.4) is 0 Å².